The molecule has 1 aliphatic rings. The van der Waals surface area contributed by atoms with Crippen LogP contribution in [-0.4, -0.2) is 37.2 Å². The lowest BCUT2D eigenvalue weighted by Crippen LogP contribution is -2.36. The van der Waals surface area contributed by atoms with Crippen molar-refractivity contribution in [3.8, 4) is 0 Å². The van der Waals surface area contributed by atoms with Gasteiger partial charge in [-0.15, -0.1) is 0 Å². The zero-order valence-electron chi connectivity index (χ0n) is 13.8. The summed E-state index contributed by atoms with van der Waals surface area (Å²) in [5.41, 5.74) is 2.56. The van der Waals surface area contributed by atoms with Crippen LogP contribution in [0.1, 0.15) is 28.9 Å². The molecule has 3 rings (SSSR count). The second kappa shape index (κ2) is 8.17. The molecule has 0 bridgehead atoms. The fourth-order valence-corrected chi connectivity index (χ4v) is 3.26. The molecule has 1 N–H and O–H groups in total. The minimum absolute atomic E-state index is 0.138. The maximum Gasteiger partial charge on any atom is 0.254 e. The van der Waals surface area contributed by atoms with E-state index in [1.54, 1.807) is 12.3 Å². The summed E-state index contributed by atoms with van der Waals surface area (Å²) >= 11 is 9.33. The van der Waals surface area contributed by atoms with Gasteiger partial charge in [0.05, 0.1) is 24.8 Å². The average molecular weight is 425 g/mol. The molecule has 0 saturated carbocycles. The van der Waals surface area contributed by atoms with E-state index < -0.39 is 0 Å². The highest BCUT2D eigenvalue weighted by molar-refractivity contribution is 9.10. The Morgan fingerprint density at radius 3 is 2.68 bits per heavy atom. The van der Waals surface area contributed by atoms with Crippen LogP contribution in [0.5, 0.6) is 0 Å². The van der Waals surface area contributed by atoms with Gasteiger partial charge in [-0.05, 0) is 46.6 Å². The first-order valence-corrected chi connectivity index (χ1v) is 9.26. The van der Waals surface area contributed by atoms with E-state index in [4.69, 9.17) is 16.3 Å². The second-order valence-corrected chi connectivity index (χ2v) is 7.15. The number of morpholine rings is 1. The average Bonchev–Trinajstić information content (AvgIpc) is 2.64. The van der Waals surface area contributed by atoms with Crippen LogP contribution in [0.15, 0.2) is 41.0 Å². The molecule has 132 valence electrons. The molecule has 0 spiro atoms. The predicted octanol–water partition coefficient (Wildman–Crippen LogP) is 3.83. The van der Waals surface area contributed by atoms with Gasteiger partial charge in [-0.3, -0.25) is 4.79 Å². The van der Waals surface area contributed by atoms with E-state index in [2.05, 4.69) is 43.3 Å². The van der Waals surface area contributed by atoms with Crippen LogP contribution in [0.3, 0.4) is 0 Å². The number of benzene rings is 1. The number of anilines is 1. The van der Waals surface area contributed by atoms with Gasteiger partial charge in [-0.2, -0.15) is 0 Å². The summed E-state index contributed by atoms with van der Waals surface area (Å²) in [4.78, 5) is 18.7. The summed E-state index contributed by atoms with van der Waals surface area (Å²) < 4.78 is 6.09. The summed E-state index contributed by atoms with van der Waals surface area (Å²) in [6.07, 6.45) is 1.56. The number of rotatable bonds is 4. The number of amides is 1. The SMILES string of the molecule is CC(NC(=O)c1cc(Br)cnc1Cl)c1ccc(N2CCOCC2)cc1. The molecular weight excluding hydrogens is 406 g/mol. The maximum absolute atomic E-state index is 12.4. The third kappa shape index (κ3) is 4.51. The molecule has 5 nitrogen and oxygen atoms in total. The highest BCUT2D eigenvalue weighted by Gasteiger charge is 2.16. The van der Waals surface area contributed by atoms with Gasteiger partial charge in [0.15, 0.2) is 0 Å². The minimum Gasteiger partial charge on any atom is -0.378 e. The molecule has 1 aromatic heterocycles. The topological polar surface area (TPSA) is 54.5 Å². The van der Waals surface area contributed by atoms with Crippen molar-refractivity contribution >= 4 is 39.1 Å². The Morgan fingerprint density at radius 2 is 2.00 bits per heavy atom. The van der Waals surface area contributed by atoms with Crippen LogP contribution < -0.4 is 10.2 Å². The zero-order chi connectivity index (χ0) is 17.8. The number of hydrogen-bond donors (Lipinski definition) is 1. The normalized spacial score (nSPS) is 15.7. The molecule has 1 aromatic carbocycles. The monoisotopic (exact) mass is 423 g/mol. The number of aromatic nitrogens is 1. The third-order valence-corrected chi connectivity index (χ3v) is 4.90. The van der Waals surface area contributed by atoms with Crippen molar-refractivity contribution in [1.29, 1.82) is 0 Å². The molecule has 2 heterocycles. The molecule has 1 amide bonds. The molecule has 1 aliphatic heterocycles. The Bertz CT molecular complexity index is 748. The lowest BCUT2D eigenvalue weighted by molar-refractivity contribution is 0.0939. The maximum atomic E-state index is 12.4. The lowest BCUT2D eigenvalue weighted by Gasteiger charge is -2.29. The van der Waals surface area contributed by atoms with Crippen molar-refractivity contribution in [2.75, 3.05) is 31.2 Å². The van der Waals surface area contributed by atoms with Gasteiger partial charge in [0.2, 0.25) is 0 Å². The van der Waals surface area contributed by atoms with Gasteiger partial charge >= 0.3 is 0 Å². The molecule has 1 atom stereocenters. The summed E-state index contributed by atoms with van der Waals surface area (Å²) in [6, 6.07) is 9.76. The Kier molecular flexibility index (Phi) is 5.93. The number of nitrogens with zero attached hydrogens (tertiary/aromatic N) is 2. The minimum atomic E-state index is -0.247. The quantitative estimate of drug-likeness (QED) is 0.758. The van der Waals surface area contributed by atoms with Crippen molar-refractivity contribution < 1.29 is 9.53 Å². The standard InChI is InChI=1S/C18H19BrClN3O2/c1-12(22-18(24)16-10-14(19)11-21-17(16)20)13-2-4-15(5-3-13)23-6-8-25-9-7-23/h2-5,10-12H,6-9H2,1H3,(H,22,24). The van der Waals surface area contributed by atoms with E-state index in [1.807, 2.05) is 19.1 Å². The summed E-state index contributed by atoms with van der Waals surface area (Å²) in [5.74, 6) is -0.247. The van der Waals surface area contributed by atoms with Crippen LogP contribution in [0.25, 0.3) is 0 Å². The van der Waals surface area contributed by atoms with Crippen molar-refractivity contribution in [2.45, 2.75) is 13.0 Å². The van der Waals surface area contributed by atoms with E-state index >= 15 is 0 Å². The van der Waals surface area contributed by atoms with E-state index in [-0.39, 0.29) is 17.1 Å². The molecule has 25 heavy (non-hydrogen) atoms. The van der Waals surface area contributed by atoms with Crippen LogP contribution in [-0.2, 0) is 4.74 Å². The van der Waals surface area contributed by atoms with Gasteiger partial charge in [0.1, 0.15) is 5.15 Å². The number of halogens is 2. The summed E-state index contributed by atoms with van der Waals surface area (Å²) in [5, 5.41) is 3.15. The molecule has 1 fully saturated rings. The molecule has 2 aromatic rings. The van der Waals surface area contributed by atoms with Gasteiger partial charge in [-0.25, -0.2) is 4.98 Å². The summed E-state index contributed by atoms with van der Waals surface area (Å²) in [7, 11) is 0. The first kappa shape index (κ1) is 18.2. The first-order valence-electron chi connectivity index (χ1n) is 8.09. The number of carbonyl (C=O) groups is 1. The Morgan fingerprint density at radius 1 is 1.32 bits per heavy atom. The smallest absolute Gasteiger partial charge is 0.254 e. The van der Waals surface area contributed by atoms with E-state index in [1.165, 1.54) is 5.69 Å². The molecule has 0 radical (unpaired) electrons. The van der Waals surface area contributed by atoms with Gasteiger partial charge in [-0.1, -0.05) is 23.7 Å². The molecule has 0 aliphatic carbocycles. The van der Waals surface area contributed by atoms with Crippen LogP contribution >= 0.6 is 27.5 Å². The highest BCUT2D eigenvalue weighted by atomic mass is 79.9. The predicted molar refractivity (Wildman–Crippen MR) is 102 cm³/mol. The Labute approximate surface area is 160 Å². The second-order valence-electron chi connectivity index (χ2n) is 5.88. The lowest BCUT2D eigenvalue weighted by atomic mass is 10.1. The number of carbonyl (C=O) groups excluding carboxylic acids is 1. The van der Waals surface area contributed by atoms with E-state index in [9.17, 15) is 4.79 Å². The van der Waals surface area contributed by atoms with Crippen LogP contribution in [0.2, 0.25) is 5.15 Å². The van der Waals surface area contributed by atoms with Crippen molar-refractivity contribution in [3.05, 3.63) is 57.3 Å². The van der Waals surface area contributed by atoms with Gasteiger partial charge in [0, 0.05) is 29.4 Å². The highest BCUT2D eigenvalue weighted by Crippen LogP contribution is 2.22. The fraction of sp³-hybridized carbons (Fsp3) is 0.333. The number of nitrogens with one attached hydrogen (secondary N) is 1. The number of hydrogen-bond acceptors (Lipinski definition) is 4. The molecule has 7 heteroatoms. The van der Waals surface area contributed by atoms with Crippen molar-refractivity contribution in [3.63, 3.8) is 0 Å². The Balaban J connectivity index is 1.67. The Hall–Kier alpha value is -1.63. The van der Waals surface area contributed by atoms with Crippen molar-refractivity contribution in [2.24, 2.45) is 0 Å². The van der Waals surface area contributed by atoms with Gasteiger partial charge < -0.3 is 15.0 Å². The van der Waals surface area contributed by atoms with Crippen LogP contribution in [0.4, 0.5) is 5.69 Å². The van der Waals surface area contributed by atoms with E-state index in [0.717, 1.165) is 31.9 Å². The van der Waals surface area contributed by atoms with Crippen LogP contribution in [0, 0.1) is 0 Å². The molecular formula is C18H19BrClN3O2. The number of pyridine rings is 1. The fourth-order valence-electron chi connectivity index (χ4n) is 2.73. The van der Waals surface area contributed by atoms with Gasteiger partial charge in [0.25, 0.3) is 5.91 Å². The molecule has 1 unspecified atom stereocenters. The third-order valence-electron chi connectivity index (χ3n) is 4.17. The van der Waals surface area contributed by atoms with E-state index in [0.29, 0.717) is 10.0 Å². The largest absolute Gasteiger partial charge is 0.378 e. The van der Waals surface area contributed by atoms with Crippen molar-refractivity contribution in [1.82, 2.24) is 10.3 Å². The summed E-state index contributed by atoms with van der Waals surface area (Å²) in [6.45, 7) is 5.27. The first-order chi connectivity index (χ1) is 12.0. The molecule has 1 saturated heterocycles. The zero-order valence-corrected chi connectivity index (χ0v) is 16.2. The number of ether oxygens (including phenoxy) is 1.